The van der Waals surface area contributed by atoms with Crippen molar-refractivity contribution in [3.8, 4) is 6.07 Å². The molecular weight excluding hydrogens is 362 g/mol. The molecule has 3 nitrogen and oxygen atoms in total. The third-order valence-electron chi connectivity index (χ3n) is 6.98. The van der Waals surface area contributed by atoms with Crippen LogP contribution in [0.2, 0.25) is 0 Å². The predicted octanol–water partition coefficient (Wildman–Crippen LogP) is 5.63. The average Bonchev–Trinajstić information content (AvgIpc) is 2.77. The Morgan fingerprint density at radius 1 is 0.821 bits per heavy atom. The molecule has 3 aliphatic rings. The summed E-state index contributed by atoms with van der Waals surface area (Å²) in [6, 6.07) is 12.2. The normalized spacial score (nSPS) is 24.7. The van der Waals surface area contributed by atoms with Gasteiger partial charge in [0.2, 0.25) is 0 Å². The fourth-order valence-electron chi connectivity index (χ4n) is 5.28. The first-order chi connectivity index (χ1) is 13.8. The second kappa shape index (κ2) is 10.1. The average molecular weight is 398 g/mol. The minimum atomic E-state index is -0.0952. The lowest BCUT2D eigenvalue weighted by molar-refractivity contribution is 0.0676. The van der Waals surface area contributed by atoms with E-state index in [0.29, 0.717) is 0 Å². The Balaban J connectivity index is 1.31. The number of benzene rings is 1. The monoisotopic (exact) mass is 397 g/mol. The summed E-state index contributed by atoms with van der Waals surface area (Å²) < 4.78 is 0. The molecule has 2 aliphatic carbocycles. The van der Waals surface area contributed by atoms with Gasteiger partial charge in [0, 0.05) is 42.4 Å². The van der Waals surface area contributed by atoms with Crippen molar-refractivity contribution in [1.29, 1.82) is 5.26 Å². The van der Waals surface area contributed by atoms with Gasteiger partial charge in [-0.25, -0.2) is 0 Å². The first kappa shape index (κ1) is 20.3. The number of hydrogen-bond donors (Lipinski definition) is 0. The number of nitrogens with zero attached hydrogens (tertiary/aromatic N) is 3. The lowest BCUT2D eigenvalue weighted by Gasteiger charge is -2.42. The standard InChI is InChI=1S/C24H35N3S/c25-19-24(27-17-15-26(16-18-27)21-7-3-1-4-8-21)20-11-13-23(14-12-20)28-22-9-5-2-6-10-22/h11-14,21-22,24H,1-10,15-18H2. The number of thioether (sulfide) groups is 1. The van der Waals surface area contributed by atoms with Crippen LogP contribution in [0.1, 0.15) is 75.8 Å². The summed E-state index contributed by atoms with van der Waals surface area (Å²) in [5.41, 5.74) is 1.17. The Morgan fingerprint density at radius 2 is 1.43 bits per heavy atom. The second-order valence-electron chi connectivity index (χ2n) is 8.84. The lowest BCUT2D eigenvalue weighted by atomic mass is 9.93. The van der Waals surface area contributed by atoms with Crippen molar-refractivity contribution in [2.75, 3.05) is 26.2 Å². The molecule has 1 atom stereocenters. The van der Waals surface area contributed by atoms with E-state index in [2.05, 4.69) is 40.1 Å². The van der Waals surface area contributed by atoms with Crippen LogP contribution in [0, 0.1) is 11.3 Å². The summed E-state index contributed by atoms with van der Waals surface area (Å²) in [6.07, 6.45) is 13.9. The number of nitriles is 1. The molecule has 1 aromatic rings. The van der Waals surface area contributed by atoms with Crippen LogP contribution in [-0.2, 0) is 0 Å². The van der Waals surface area contributed by atoms with Crippen LogP contribution in [0.5, 0.6) is 0 Å². The van der Waals surface area contributed by atoms with Crippen LogP contribution >= 0.6 is 11.8 Å². The smallest absolute Gasteiger partial charge is 0.123 e. The quantitative estimate of drug-likeness (QED) is 0.644. The van der Waals surface area contributed by atoms with Crippen LogP contribution in [0.15, 0.2) is 29.2 Å². The summed E-state index contributed by atoms with van der Waals surface area (Å²) in [4.78, 5) is 6.45. The number of hydrogen-bond acceptors (Lipinski definition) is 4. The van der Waals surface area contributed by atoms with E-state index in [1.807, 2.05) is 11.8 Å². The van der Waals surface area contributed by atoms with E-state index >= 15 is 0 Å². The van der Waals surface area contributed by atoms with Gasteiger partial charge in [0.25, 0.3) is 0 Å². The molecule has 1 heterocycles. The molecule has 0 N–H and O–H groups in total. The zero-order chi connectivity index (χ0) is 19.2. The van der Waals surface area contributed by atoms with E-state index in [1.54, 1.807) is 0 Å². The molecule has 1 saturated heterocycles. The highest BCUT2D eigenvalue weighted by molar-refractivity contribution is 8.00. The molecule has 2 saturated carbocycles. The van der Waals surface area contributed by atoms with Crippen molar-refractivity contribution in [2.45, 2.75) is 86.4 Å². The maximum atomic E-state index is 9.87. The van der Waals surface area contributed by atoms with Crippen molar-refractivity contribution in [3.63, 3.8) is 0 Å². The van der Waals surface area contributed by atoms with Crippen molar-refractivity contribution in [1.82, 2.24) is 9.80 Å². The molecule has 1 aliphatic heterocycles. The SMILES string of the molecule is N#CC(c1ccc(SC2CCCCC2)cc1)N1CCN(C2CCCCC2)CC1. The minimum absolute atomic E-state index is 0.0952. The molecule has 0 spiro atoms. The maximum absolute atomic E-state index is 9.87. The van der Waals surface area contributed by atoms with Crippen molar-refractivity contribution < 1.29 is 0 Å². The largest absolute Gasteiger partial charge is 0.298 e. The molecular formula is C24H35N3S. The number of piperazine rings is 1. The van der Waals surface area contributed by atoms with Gasteiger partial charge in [-0.3, -0.25) is 9.80 Å². The fourth-order valence-corrected chi connectivity index (χ4v) is 6.53. The van der Waals surface area contributed by atoms with Crippen molar-refractivity contribution in [2.24, 2.45) is 0 Å². The van der Waals surface area contributed by atoms with Gasteiger partial charge >= 0.3 is 0 Å². The second-order valence-corrected chi connectivity index (χ2v) is 10.2. The van der Waals surface area contributed by atoms with E-state index in [1.165, 1.54) is 74.7 Å². The van der Waals surface area contributed by atoms with E-state index in [4.69, 9.17) is 0 Å². The highest BCUT2D eigenvalue weighted by atomic mass is 32.2. The first-order valence-electron chi connectivity index (χ1n) is 11.5. The molecule has 0 amide bonds. The summed E-state index contributed by atoms with van der Waals surface area (Å²) in [7, 11) is 0. The maximum Gasteiger partial charge on any atom is 0.123 e. The van der Waals surface area contributed by atoms with Gasteiger partial charge in [-0.2, -0.15) is 5.26 Å². The summed E-state index contributed by atoms with van der Waals surface area (Å²) in [5.74, 6) is 0. The molecule has 1 unspecified atom stereocenters. The van der Waals surface area contributed by atoms with Crippen LogP contribution in [0.25, 0.3) is 0 Å². The summed E-state index contributed by atoms with van der Waals surface area (Å²) >= 11 is 2.04. The van der Waals surface area contributed by atoms with E-state index in [9.17, 15) is 5.26 Å². The van der Waals surface area contributed by atoms with E-state index in [-0.39, 0.29) is 6.04 Å². The van der Waals surface area contributed by atoms with Gasteiger partial charge < -0.3 is 0 Å². The third kappa shape index (κ3) is 5.12. The Morgan fingerprint density at radius 3 is 2.04 bits per heavy atom. The van der Waals surface area contributed by atoms with Crippen LogP contribution < -0.4 is 0 Å². The highest BCUT2D eigenvalue weighted by Gasteiger charge is 2.29. The molecule has 3 fully saturated rings. The molecule has 0 radical (unpaired) electrons. The van der Waals surface area contributed by atoms with Gasteiger partial charge in [-0.15, -0.1) is 11.8 Å². The van der Waals surface area contributed by atoms with Crippen LogP contribution in [-0.4, -0.2) is 47.3 Å². The zero-order valence-corrected chi connectivity index (χ0v) is 18.0. The Bertz CT molecular complexity index is 633. The Hall–Kier alpha value is -1.02. The molecule has 28 heavy (non-hydrogen) atoms. The fraction of sp³-hybridized carbons (Fsp3) is 0.708. The van der Waals surface area contributed by atoms with Gasteiger partial charge in [0.05, 0.1) is 6.07 Å². The van der Waals surface area contributed by atoms with Gasteiger partial charge in [0.15, 0.2) is 0 Å². The topological polar surface area (TPSA) is 30.3 Å². The van der Waals surface area contributed by atoms with E-state index in [0.717, 1.165) is 37.5 Å². The van der Waals surface area contributed by atoms with E-state index < -0.39 is 0 Å². The molecule has 152 valence electrons. The minimum Gasteiger partial charge on any atom is -0.298 e. The molecule has 1 aromatic carbocycles. The molecule has 0 aromatic heterocycles. The zero-order valence-electron chi connectivity index (χ0n) is 17.2. The molecule has 0 bridgehead atoms. The number of rotatable bonds is 5. The summed E-state index contributed by atoms with van der Waals surface area (Å²) in [5, 5.41) is 10.7. The van der Waals surface area contributed by atoms with Crippen molar-refractivity contribution >= 4 is 11.8 Å². The third-order valence-corrected chi connectivity index (χ3v) is 8.33. The van der Waals surface area contributed by atoms with Crippen LogP contribution in [0.4, 0.5) is 0 Å². The Kier molecular flexibility index (Phi) is 7.34. The van der Waals surface area contributed by atoms with Gasteiger partial charge in [-0.05, 0) is 43.4 Å². The summed E-state index contributed by atoms with van der Waals surface area (Å²) in [6.45, 7) is 4.29. The first-order valence-corrected chi connectivity index (χ1v) is 12.4. The van der Waals surface area contributed by atoms with Crippen molar-refractivity contribution in [3.05, 3.63) is 29.8 Å². The van der Waals surface area contributed by atoms with Crippen LogP contribution in [0.3, 0.4) is 0 Å². The molecule has 4 rings (SSSR count). The molecule has 4 heteroatoms. The predicted molar refractivity (Wildman–Crippen MR) is 118 cm³/mol. The lowest BCUT2D eigenvalue weighted by Crippen LogP contribution is -2.51. The van der Waals surface area contributed by atoms with Gasteiger partial charge in [-0.1, -0.05) is 50.7 Å². The Labute approximate surface area is 175 Å². The van der Waals surface area contributed by atoms with Gasteiger partial charge in [0.1, 0.15) is 6.04 Å². The highest BCUT2D eigenvalue weighted by Crippen LogP contribution is 2.34.